The van der Waals surface area contributed by atoms with E-state index in [0.717, 1.165) is 19.4 Å². The summed E-state index contributed by atoms with van der Waals surface area (Å²) < 4.78 is 11.7. The van der Waals surface area contributed by atoms with Crippen LogP contribution in [0.15, 0.2) is 0 Å². The zero-order chi connectivity index (χ0) is 11.5. The van der Waals surface area contributed by atoms with Crippen molar-refractivity contribution in [2.45, 2.75) is 69.6 Å². The van der Waals surface area contributed by atoms with Crippen LogP contribution in [0.5, 0.6) is 0 Å². The normalized spacial score (nSPS) is 24.2. The van der Waals surface area contributed by atoms with Gasteiger partial charge in [-0.05, 0) is 53.4 Å². The smallest absolute Gasteiger partial charge is 0.158 e. The molecule has 1 heterocycles. The summed E-state index contributed by atoms with van der Waals surface area (Å²) in [6.45, 7) is 9.44. The molecule has 1 rings (SSSR count). The lowest BCUT2D eigenvalue weighted by Crippen LogP contribution is -2.38. The minimum atomic E-state index is -0.130. The maximum absolute atomic E-state index is 6.00. The Labute approximate surface area is 102 Å². The minimum absolute atomic E-state index is 0.00333. The number of rotatable bonds is 4. The molecule has 3 heteroatoms. The fraction of sp³-hybridized carbons (Fsp3) is 1.00. The minimum Gasteiger partial charge on any atom is -0.353 e. The van der Waals surface area contributed by atoms with Gasteiger partial charge in [0.25, 0.3) is 0 Å². The van der Waals surface area contributed by atoms with Gasteiger partial charge in [0.1, 0.15) is 0 Å². The molecule has 0 radical (unpaired) electrons. The molecule has 0 aliphatic carbocycles. The van der Waals surface area contributed by atoms with Gasteiger partial charge in [-0.3, -0.25) is 0 Å². The molecule has 1 saturated heterocycles. The van der Waals surface area contributed by atoms with Gasteiger partial charge >= 0.3 is 0 Å². The highest BCUT2D eigenvalue weighted by Crippen LogP contribution is 2.32. The Balaban J connectivity index is 2.40. The van der Waals surface area contributed by atoms with Crippen molar-refractivity contribution in [2.75, 3.05) is 6.61 Å². The molecule has 0 saturated carbocycles. The second-order valence-electron chi connectivity index (χ2n) is 5.57. The standard InChI is InChI=1S/C12H23BrO2/c1-11(2,13)9-12(3,4)15-10-7-5-6-8-14-10/h10H,5-9H2,1-4H3. The maximum atomic E-state index is 6.00. The Kier molecular flexibility index (Phi) is 4.63. The van der Waals surface area contributed by atoms with Crippen molar-refractivity contribution in [1.82, 2.24) is 0 Å². The number of hydrogen-bond donors (Lipinski definition) is 0. The summed E-state index contributed by atoms with van der Waals surface area (Å²) in [5.74, 6) is 0. The third kappa shape index (κ3) is 5.88. The van der Waals surface area contributed by atoms with Crippen molar-refractivity contribution in [3.8, 4) is 0 Å². The average Bonchev–Trinajstić information content (AvgIpc) is 1.99. The molecule has 15 heavy (non-hydrogen) atoms. The average molecular weight is 279 g/mol. The van der Waals surface area contributed by atoms with Crippen molar-refractivity contribution in [3.05, 3.63) is 0 Å². The molecule has 0 amide bonds. The van der Waals surface area contributed by atoms with E-state index in [1.807, 2.05) is 0 Å². The second-order valence-corrected chi connectivity index (χ2v) is 7.72. The summed E-state index contributed by atoms with van der Waals surface area (Å²) in [7, 11) is 0. The summed E-state index contributed by atoms with van der Waals surface area (Å²) in [5, 5.41) is 0. The zero-order valence-corrected chi connectivity index (χ0v) is 11.9. The van der Waals surface area contributed by atoms with E-state index in [2.05, 4.69) is 43.6 Å². The van der Waals surface area contributed by atoms with E-state index >= 15 is 0 Å². The second kappa shape index (κ2) is 5.15. The highest BCUT2D eigenvalue weighted by molar-refractivity contribution is 9.10. The van der Waals surface area contributed by atoms with Crippen molar-refractivity contribution in [2.24, 2.45) is 0 Å². The van der Waals surface area contributed by atoms with Gasteiger partial charge in [-0.25, -0.2) is 0 Å². The predicted octanol–water partition coefficient (Wildman–Crippen LogP) is 3.87. The summed E-state index contributed by atoms with van der Waals surface area (Å²) in [6, 6.07) is 0. The maximum Gasteiger partial charge on any atom is 0.158 e. The van der Waals surface area contributed by atoms with E-state index in [1.165, 1.54) is 12.8 Å². The number of ether oxygens (including phenoxy) is 2. The van der Waals surface area contributed by atoms with Gasteiger partial charge in [-0.1, -0.05) is 15.9 Å². The Bertz CT molecular complexity index is 190. The molecule has 0 aromatic rings. The highest BCUT2D eigenvalue weighted by atomic mass is 79.9. The molecule has 1 fully saturated rings. The van der Waals surface area contributed by atoms with Crippen LogP contribution in [0, 0.1) is 0 Å². The number of alkyl halides is 1. The molecule has 1 aliphatic heterocycles. The van der Waals surface area contributed by atoms with E-state index in [0.29, 0.717) is 0 Å². The lowest BCUT2D eigenvalue weighted by Gasteiger charge is -2.36. The number of halogens is 1. The van der Waals surface area contributed by atoms with Gasteiger partial charge in [-0.15, -0.1) is 0 Å². The van der Waals surface area contributed by atoms with Crippen LogP contribution in [0.4, 0.5) is 0 Å². The van der Waals surface area contributed by atoms with Gasteiger partial charge in [0, 0.05) is 10.9 Å². The van der Waals surface area contributed by atoms with Crippen molar-refractivity contribution < 1.29 is 9.47 Å². The first-order valence-electron chi connectivity index (χ1n) is 5.77. The predicted molar refractivity (Wildman–Crippen MR) is 66.4 cm³/mol. The largest absolute Gasteiger partial charge is 0.353 e. The monoisotopic (exact) mass is 278 g/mol. The van der Waals surface area contributed by atoms with Crippen LogP contribution >= 0.6 is 15.9 Å². The Morgan fingerprint density at radius 1 is 1.27 bits per heavy atom. The molecule has 0 N–H and O–H groups in total. The van der Waals surface area contributed by atoms with Crippen LogP contribution in [0.2, 0.25) is 0 Å². The van der Waals surface area contributed by atoms with E-state index in [1.54, 1.807) is 0 Å². The highest BCUT2D eigenvalue weighted by Gasteiger charge is 2.31. The quantitative estimate of drug-likeness (QED) is 0.727. The SMILES string of the molecule is CC(C)(Br)CC(C)(C)OC1CCCCO1. The molecular formula is C12H23BrO2. The van der Waals surface area contributed by atoms with Crippen LogP contribution in [0.3, 0.4) is 0 Å². The van der Waals surface area contributed by atoms with Crippen LogP contribution in [-0.4, -0.2) is 22.8 Å². The molecule has 90 valence electrons. The van der Waals surface area contributed by atoms with Crippen molar-refractivity contribution >= 4 is 15.9 Å². The zero-order valence-electron chi connectivity index (χ0n) is 10.3. The van der Waals surface area contributed by atoms with Gasteiger partial charge in [0.2, 0.25) is 0 Å². The van der Waals surface area contributed by atoms with E-state index in [9.17, 15) is 0 Å². The molecule has 1 atom stereocenters. The first-order chi connectivity index (χ1) is 6.79. The van der Waals surface area contributed by atoms with Crippen LogP contribution in [0.1, 0.15) is 53.4 Å². The molecular weight excluding hydrogens is 256 g/mol. The van der Waals surface area contributed by atoms with Gasteiger partial charge < -0.3 is 9.47 Å². The van der Waals surface area contributed by atoms with Crippen LogP contribution in [0.25, 0.3) is 0 Å². The lowest BCUT2D eigenvalue weighted by atomic mass is 9.95. The molecule has 0 aromatic carbocycles. The lowest BCUT2D eigenvalue weighted by molar-refractivity contribution is -0.217. The summed E-state index contributed by atoms with van der Waals surface area (Å²) in [4.78, 5) is 0. The van der Waals surface area contributed by atoms with Gasteiger partial charge in [0.05, 0.1) is 5.60 Å². The van der Waals surface area contributed by atoms with E-state index in [-0.39, 0.29) is 16.2 Å². The summed E-state index contributed by atoms with van der Waals surface area (Å²) in [5.41, 5.74) is -0.130. The van der Waals surface area contributed by atoms with Gasteiger partial charge in [-0.2, -0.15) is 0 Å². The third-order valence-corrected chi connectivity index (χ3v) is 2.71. The topological polar surface area (TPSA) is 18.5 Å². The fourth-order valence-electron chi connectivity index (χ4n) is 2.21. The van der Waals surface area contributed by atoms with Crippen LogP contribution < -0.4 is 0 Å². The van der Waals surface area contributed by atoms with Gasteiger partial charge in [0.15, 0.2) is 6.29 Å². The van der Waals surface area contributed by atoms with E-state index in [4.69, 9.17) is 9.47 Å². The molecule has 1 unspecified atom stereocenters. The Hall–Kier alpha value is 0.400. The fourth-order valence-corrected chi connectivity index (χ4v) is 2.89. The third-order valence-electron chi connectivity index (χ3n) is 2.43. The first kappa shape index (κ1) is 13.5. The molecule has 1 aliphatic rings. The number of hydrogen-bond acceptors (Lipinski definition) is 2. The van der Waals surface area contributed by atoms with Crippen molar-refractivity contribution in [1.29, 1.82) is 0 Å². The molecule has 2 nitrogen and oxygen atoms in total. The van der Waals surface area contributed by atoms with E-state index < -0.39 is 0 Å². The molecule has 0 spiro atoms. The first-order valence-corrected chi connectivity index (χ1v) is 6.56. The van der Waals surface area contributed by atoms with Crippen LogP contribution in [-0.2, 0) is 9.47 Å². The Morgan fingerprint density at radius 2 is 1.93 bits per heavy atom. The molecule has 0 bridgehead atoms. The Morgan fingerprint density at radius 3 is 2.40 bits per heavy atom. The summed E-state index contributed by atoms with van der Waals surface area (Å²) >= 11 is 3.66. The molecule has 0 aromatic heterocycles. The van der Waals surface area contributed by atoms with Crippen molar-refractivity contribution in [3.63, 3.8) is 0 Å². The summed E-state index contributed by atoms with van der Waals surface area (Å²) in [6.07, 6.45) is 4.40.